The van der Waals surface area contributed by atoms with E-state index < -0.39 is 194 Å². The highest BCUT2D eigenvalue weighted by Crippen LogP contribution is 2.42. The zero-order valence-electron chi connectivity index (χ0n) is 58.9. The molecule has 1 aliphatic carbocycles. The molecule has 202 valence electrons. The normalized spacial score (nSPS) is 63.8. The van der Waals surface area contributed by atoms with Crippen LogP contribution in [-0.4, -0.2) is 50.0 Å². The van der Waals surface area contributed by atoms with E-state index >= 15 is 8.78 Å². The molecule has 0 radical (unpaired) electrons. The maximum Gasteiger partial charge on any atom is 0.248 e. The highest BCUT2D eigenvalue weighted by molar-refractivity contribution is 5.79. The van der Waals surface area contributed by atoms with Gasteiger partial charge in [0, 0.05) is 94.3 Å². The number of hydrogen-bond donors (Lipinski definition) is 1. The molecule has 5 rings (SSSR count). The van der Waals surface area contributed by atoms with E-state index in [4.69, 9.17) is 39.8 Å². The molecule has 4 atom stereocenters. The maximum absolute atomic E-state index is 15.6. The predicted octanol–water partition coefficient (Wildman–Crippen LogP) is 5.95. The van der Waals surface area contributed by atoms with Crippen LogP contribution in [0.15, 0.2) is 30.2 Å². The Morgan fingerprint density at radius 3 is 2.59 bits per heavy atom. The first-order valence-corrected chi connectivity index (χ1v) is 9.77. The number of aryl methyl sites for hydroxylation is 1. The Kier molecular flexibility index (Phi) is 1.80. The highest BCUT2D eigenvalue weighted by atomic mass is 19.3. The number of benzene rings is 1. The van der Waals surface area contributed by atoms with Crippen molar-refractivity contribution in [2.75, 3.05) is 6.50 Å². The van der Waals surface area contributed by atoms with E-state index in [1.54, 1.807) is 0 Å². The summed E-state index contributed by atoms with van der Waals surface area (Å²) in [6.45, 7) is -18.7. The van der Waals surface area contributed by atoms with Gasteiger partial charge >= 0.3 is 0 Å². The summed E-state index contributed by atoms with van der Waals surface area (Å²) in [4.78, 5) is 13.4. The fourth-order valence-electron chi connectivity index (χ4n) is 2.89. The van der Waals surface area contributed by atoms with Gasteiger partial charge < -0.3 is 9.88 Å². The van der Waals surface area contributed by atoms with E-state index in [9.17, 15) is 21.2 Å². The van der Waals surface area contributed by atoms with E-state index in [0.29, 0.717) is 0 Å². The van der Waals surface area contributed by atoms with E-state index in [1.165, 1.54) is 0 Å². The fourth-order valence-corrected chi connectivity index (χ4v) is 2.89. The number of fused-ring (bicyclic) bond motifs is 2. The summed E-state index contributed by atoms with van der Waals surface area (Å²) in [5, 5.41) is 4.34. The Morgan fingerprint density at radius 1 is 1.24 bits per heavy atom. The maximum atomic E-state index is 15.6. The number of nitrogens with one attached hydrogen (secondary N) is 1. The smallest absolute Gasteiger partial charge is 0.248 e. The average Bonchev–Trinajstić information content (AvgIpc) is 3.76. The number of carbonyl (C=O) groups is 1. The van der Waals surface area contributed by atoms with Crippen LogP contribution in [-0.2, 0) is 4.79 Å². The highest BCUT2D eigenvalue weighted by Gasteiger charge is 2.42. The molecule has 1 aromatic carbocycles. The Hall–Kier alpha value is -2.35. The number of nitrogens with zero attached hydrogens (tertiary/aromatic N) is 4. The van der Waals surface area contributed by atoms with Gasteiger partial charge in [0.1, 0.15) is 11.6 Å². The molecule has 2 saturated heterocycles. The van der Waals surface area contributed by atoms with Crippen LogP contribution < -0.4 is 5.31 Å². The number of rotatable bonds is 8. The quantitative estimate of drug-likeness (QED) is 0.438. The zero-order valence-corrected chi connectivity index (χ0v) is 17.9. The second kappa shape index (κ2) is 10.8. The van der Waals surface area contributed by atoms with Crippen molar-refractivity contribution in [2.24, 2.45) is 5.89 Å². The molecule has 3 fully saturated rings. The van der Waals surface area contributed by atoms with Gasteiger partial charge in [0.2, 0.25) is 11.8 Å². The SMILES string of the molecule is [2H]c1c([2H])c([2H])c([C@@]([2H])(N([2H])C(=O)C2([2H])C([2H])([2H])C([2H])([2H])C(F)(F)C([2H])([2H])C2([2H])[2H])C([2H])([2H])C([2H])([2H])N2[C@@]3([2H])C([2H])([2H])C([2H])(n4c(C([2H])([2H])[2H])nnc4C([2H])(C([2H])([2H])[2H])C([2H])([2H])[2H])C([2H])([2H])[C@]2([2H])C([2H])([2H])C3([2H])[2H])c([2H])c1[2H]. The summed E-state index contributed by atoms with van der Waals surface area (Å²) in [6.07, 6.45) is -47.9. The van der Waals surface area contributed by atoms with Gasteiger partial charge in [-0.05, 0) is 57.0 Å². The number of aromatic nitrogens is 3. The van der Waals surface area contributed by atoms with Crippen molar-refractivity contribution in [2.45, 2.75) is 114 Å². The molecule has 6 nitrogen and oxygen atoms in total. The number of carbonyl (C=O) groups excluding carboxylic acids is 1. The molecule has 1 aromatic heterocycles. The van der Waals surface area contributed by atoms with Crippen LogP contribution in [0.2, 0.25) is 1.41 Å². The number of halogens is 2. The van der Waals surface area contributed by atoms with E-state index in [-0.39, 0.29) is 0 Å². The van der Waals surface area contributed by atoms with Crippen molar-refractivity contribution < 1.29 is 69.8 Å². The summed E-state index contributed by atoms with van der Waals surface area (Å²) in [5.41, 5.74) is -2.39. The standard InChI is InChI=1S/C29H41F2N5O/c1-19(2)27-34-33-20(3)36(27)25-17-23-9-10-24(18-25)35(23)16-13-26(21-7-5-4-6-8-21)32-28(37)22-11-14-29(30,31)15-12-22/h4-8,19,22-26H,9-18H2,1-3H3,(H,32,37)/t23-,24+,25?,26-/m0/s1/i1D3,2D3,3D3,4D,5D,6D,7D,8D,9D2,10D2,11D2,12D2,13D2,14D2,15D2,16D2,17D2,18D2,19D,22D,23D,24D,25D,26D/hD. The zero-order chi connectivity index (χ0) is 62.3. The molecule has 37 heavy (non-hydrogen) atoms. The lowest BCUT2D eigenvalue weighted by Gasteiger charge is -2.40. The van der Waals surface area contributed by atoms with Gasteiger partial charge in [0.05, 0.1) is 15.6 Å². The van der Waals surface area contributed by atoms with E-state index in [1.807, 2.05) is 0 Å². The first kappa shape index (κ1) is 6.18. The second-order valence-corrected chi connectivity index (χ2v) is 6.89. The molecule has 1 N–H and O–H groups in total. The lowest BCUT2D eigenvalue weighted by Crippen LogP contribution is -2.45. The minimum atomic E-state index is -5.97. The van der Waals surface area contributed by atoms with Crippen LogP contribution in [0.5, 0.6) is 0 Å². The van der Waals surface area contributed by atoms with Crippen LogP contribution in [0, 0.1) is 12.7 Å². The van der Waals surface area contributed by atoms with Crippen molar-refractivity contribution in [3.63, 3.8) is 0 Å². The van der Waals surface area contributed by atoms with Crippen molar-refractivity contribution in [1.82, 2.24) is 25.0 Å². The van der Waals surface area contributed by atoms with Crippen LogP contribution >= 0.6 is 0 Å². The first-order chi connectivity index (χ1) is 33.7. The van der Waals surface area contributed by atoms with Crippen LogP contribution in [0.1, 0.15) is 161 Å². The van der Waals surface area contributed by atoms with Crippen molar-refractivity contribution in [3.05, 3.63) is 47.4 Å². The van der Waals surface area contributed by atoms with Gasteiger partial charge in [-0.3, -0.25) is 9.69 Å². The third-order valence-corrected chi connectivity index (χ3v) is 4.47. The molecule has 1 amide bonds. The predicted molar refractivity (Wildman–Crippen MR) is 139 cm³/mol. The molecular weight excluding hydrogens is 472 g/mol. The van der Waals surface area contributed by atoms with Gasteiger partial charge in [-0.15, -0.1) is 10.2 Å². The second-order valence-electron chi connectivity index (χ2n) is 6.89. The summed E-state index contributed by atoms with van der Waals surface area (Å²) in [7, 11) is 0. The third-order valence-electron chi connectivity index (χ3n) is 4.47. The van der Waals surface area contributed by atoms with Crippen molar-refractivity contribution >= 4 is 5.91 Å². The minimum Gasteiger partial charge on any atom is -0.349 e. The largest absolute Gasteiger partial charge is 0.349 e. The van der Waals surface area contributed by atoms with Crippen LogP contribution in [0.25, 0.3) is 0 Å². The molecule has 2 aliphatic heterocycles. The van der Waals surface area contributed by atoms with Crippen LogP contribution in [0.3, 0.4) is 0 Å². The monoisotopic (exact) mass is 555 g/mol. The van der Waals surface area contributed by atoms with Gasteiger partial charge in [-0.2, -0.15) is 0 Å². The Bertz CT molecular complexity index is 2720. The Morgan fingerprint density at radius 2 is 1.95 bits per heavy atom. The van der Waals surface area contributed by atoms with Gasteiger partial charge in [-0.25, -0.2) is 8.78 Å². The number of hydrogen-bond acceptors (Lipinski definition) is 4. The minimum absolute atomic E-state index is 0.955. The topological polar surface area (TPSA) is 63.1 Å². The summed E-state index contributed by atoms with van der Waals surface area (Å²) < 4.78 is 386. The Labute approximate surface area is 276 Å². The summed E-state index contributed by atoms with van der Waals surface area (Å²) >= 11 is 0. The lowest BCUT2D eigenvalue weighted by atomic mass is 9.86. The van der Waals surface area contributed by atoms with Crippen molar-refractivity contribution in [1.29, 1.82) is 0 Å². The molecule has 1 saturated carbocycles. The van der Waals surface area contributed by atoms with Gasteiger partial charge in [-0.1, -0.05) is 43.9 Å². The molecule has 2 aromatic rings. The number of amides is 1. The first-order valence-electron chi connectivity index (χ1n) is 30.2. The van der Waals surface area contributed by atoms with Gasteiger partial charge in [0.15, 0.2) is 1.41 Å². The van der Waals surface area contributed by atoms with E-state index in [0.717, 1.165) is 0 Å². The number of alkyl halides is 2. The van der Waals surface area contributed by atoms with Crippen molar-refractivity contribution in [3.8, 4) is 0 Å². The molecule has 0 spiro atoms. The van der Waals surface area contributed by atoms with E-state index in [2.05, 4.69) is 10.2 Å². The molecule has 8 heteroatoms. The molecule has 1 unspecified atom stereocenters. The Balaban J connectivity index is 2.07. The van der Waals surface area contributed by atoms with Crippen LogP contribution in [0.4, 0.5) is 8.78 Å². The van der Waals surface area contributed by atoms with Gasteiger partial charge in [0.25, 0.3) is 0 Å². The summed E-state index contributed by atoms with van der Waals surface area (Å²) in [6, 6.07) is -30.8. The molecule has 2 bridgehead atoms. The number of piperidine rings is 1. The lowest BCUT2D eigenvalue weighted by molar-refractivity contribution is -0.130. The molecular formula is C29H41F2N5O. The fraction of sp³-hybridized carbons (Fsp3) is 0.690. The third kappa shape index (κ3) is 5.74. The summed E-state index contributed by atoms with van der Waals surface area (Å²) in [5.74, 6) is -23.9. The molecule has 3 aliphatic rings. The average molecular weight is 555 g/mol. The molecule has 3 heterocycles.